The maximum absolute atomic E-state index is 12.5. The lowest BCUT2D eigenvalue weighted by Gasteiger charge is -2.18. The van der Waals surface area contributed by atoms with Crippen molar-refractivity contribution in [2.24, 2.45) is 0 Å². The second-order valence-electron chi connectivity index (χ2n) is 3.80. The Morgan fingerprint density at radius 1 is 1.24 bits per heavy atom. The standard InChI is InChI=1S/C11H12ClF3O2/c1-6-2-7(10(17)9(16)5-12)4-8(3-6)11(13,14)15/h2-4,9-10,16-17H,5H2,1H3. The van der Waals surface area contributed by atoms with Gasteiger partial charge in [0.25, 0.3) is 0 Å². The van der Waals surface area contributed by atoms with Gasteiger partial charge in [0.1, 0.15) is 6.10 Å². The summed E-state index contributed by atoms with van der Waals surface area (Å²) in [4.78, 5) is 0. The fraction of sp³-hybridized carbons (Fsp3) is 0.455. The molecule has 1 aromatic carbocycles. The van der Waals surface area contributed by atoms with E-state index in [0.717, 1.165) is 12.1 Å². The number of hydrogen-bond donors (Lipinski definition) is 2. The van der Waals surface area contributed by atoms with Gasteiger partial charge in [0.05, 0.1) is 17.5 Å². The summed E-state index contributed by atoms with van der Waals surface area (Å²) in [5.74, 6) is -0.254. The van der Waals surface area contributed by atoms with Crippen LogP contribution in [0.25, 0.3) is 0 Å². The second kappa shape index (κ2) is 5.25. The SMILES string of the molecule is Cc1cc(C(O)C(O)CCl)cc(C(F)(F)F)c1. The first-order valence-electron chi connectivity index (χ1n) is 4.86. The van der Waals surface area contributed by atoms with E-state index in [4.69, 9.17) is 11.6 Å². The van der Waals surface area contributed by atoms with Crippen LogP contribution in [-0.2, 0) is 6.18 Å². The average molecular weight is 269 g/mol. The molecule has 2 nitrogen and oxygen atoms in total. The van der Waals surface area contributed by atoms with Crippen molar-refractivity contribution >= 4 is 11.6 Å². The van der Waals surface area contributed by atoms with Gasteiger partial charge in [0.2, 0.25) is 0 Å². The number of aryl methyl sites for hydroxylation is 1. The van der Waals surface area contributed by atoms with Crippen molar-refractivity contribution < 1.29 is 23.4 Å². The topological polar surface area (TPSA) is 40.5 Å². The second-order valence-corrected chi connectivity index (χ2v) is 4.11. The summed E-state index contributed by atoms with van der Waals surface area (Å²) in [6.07, 6.45) is -7.19. The number of halogens is 4. The van der Waals surface area contributed by atoms with Crippen LogP contribution >= 0.6 is 11.6 Å². The molecule has 0 saturated heterocycles. The molecule has 2 atom stereocenters. The van der Waals surface area contributed by atoms with E-state index < -0.39 is 23.9 Å². The molecule has 0 bridgehead atoms. The van der Waals surface area contributed by atoms with E-state index in [1.807, 2.05) is 0 Å². The minimum atomic E-state index is -4.48. The van der Waals surface area contributed by atoms with Gasteiger partial charge in [-0.05, 0) is 24.6 Å². The van der Waals surface area contributed by atoms with E-state index >= 15 is 0 Å². The highest BCUT2D eigenvalue weighted by Crippen LogP contribution is 2.32. The number of rotatable bonds is 3. The van der Waals surface area contributed by atoms with Gasteiger partial charge in [-0.2, -0.15) is 13.2 Å². The molecule has 0 radical (unpaired) electrons. The molecule has 0 aliphatic heterocycles. The molecule has 0 aromatic heterocycles. The molecule has 0 aliphatic carbocycles. The first-order valence-corrected chi connectivity index (χ1v) is 5.40. The first kappa shape index (κ1) is 14.3. The lowest BCUT2D eigenvalue weighted by molar-refractivity contribution is -0.137. The van der Waals surface area contributed by atoms with Gasteiger partial charge < -0.3 is 10.2 Å². The van der Waals surface area contributed by atoms with Gasteiger partial charge in [-0.1, -0.05) is 11.6 Å². The van der Waals surface area contributed by atoms with E-state index in [1.165, 1.54) is 13.0 Å². The summed E-state index contributed by atoms with van der Waals surface area (Å²) in [7, 11) is 0. The van der Waals surface area contributed by atoms with Gasteiger partial charge in [-0.3, -0.25) is 0 Å². The zero-order valence-corrected chi connectivity index (χ0v) is 9.76. The van der Waals surface area contributed by atoms with E-state index in [9.17, 15) is 23.4 Å². The molecule has 2 N–H and O–H groups in total. The van der Waals surface area contributed by atoms with Crippen LogP contribution < -0.4 is 0 Å². The minimum absolute atomic E-state index is 0.00507. The van der Waals surface area contributed by atoms with E-state index in [0.29, 0.717) is 5.56 Å². The van der Waals surface area contributed by atoms with Crippen LogP contribution in [0.3, 0.4) is 0 Å². The number of aliphatic hydroxyl groups is 2. The normalized spacial score (nSPS) is 15.7. The smallest absolute Gasteiger partial charge is 0.389 e. The van der Waals surface area contributed by atoms with Crippen LogP contribution in [-0.4, -0.2) is 22.2 Å². The third kappa shape index (κ3) is 3.59. The molecule has 0 spiro atoms. The molecular formula is C11H12ClF3O2. The third-order valence-corrected chi connectivity index (χ3v) is 2.61. The maximum Gasteiger partial charge on any atom is 0.416 e. The Hall–Kier alpha value is -0.780. The Balaban J connectivity index is 3.14. The number of aliphatic hydroxyl groups excluding tert-OH is 2. The van der Waals surface area contributed by atoms with Crippen molar-refractivity contribution in [3.63, 3.8) is 0 Å². The molecule has 0 saturated carbocycles. The maximum atomic E-state index is 12.5. The van der Waals surface area contributed by atoms with E-state index in [2.05, 4.69) is 0 Å². The highest BCUT2D eigenvalue weighted by Gasteiger charge is 2.32. The van der Waals surface area contributed by atoms with Crippen molar-refractivity contribution in [2.45, 2.75) is 25.3 Å². The zero-order chi connectivity index (χ0) is 13.2. The first-order chi connectivity index (χ1) is 7.75. The summed E-state index contributed by atoms with van der Waals surface area (Å²) in [6, 6.07) is 3.17. The molecule has 1 aromatic rings. The molecule has 0 aliphatic rings. The quantitative estimate of drug-likeness (QED) is 0.828. The predicted molar refractivity (Wildman–Crippen MR) is 57.9 cm³/mol. The van der Waals surface area contributed by atoms with Crippen LogP contribution in [0.5, 0.6) is 0 Å². The summed E-state index contributed by atoms with van der Waals surface area (Å²) < 4.78 is 37.6. The zero-order valence-electron chi connectivity index (χ0n) is 9.00. The molecule has 96 valence electrons. The molecule has 0 amide bonds. The summed E-state index contributed by atoms with van der Waals surface area (Å²) >= 11 is 5.33. The van der Waals surface area contributed by atoms with E-state index in [1.54, 1.807) is 0 Å². The molecule has 0 fully saturated rings. The predicted octanol–water partition coefficient (Wildman–Crippen LogP) is 2.65. The Bertz CT molecular complexity index is 393. The lowest BCUT2D eigenvalue weighted by Crippen LogP contribution is -2.20. The fourth-order valence-corrected chi connectivity index (χ4v) is 1.62. The summed E-state index contributed by atoms with van der Waals surface area (Å²) in [6.45, 7) is 1.48. The van der Waals surface area contributed by atoms with Crippen molar-refractivity contribution in [1.29, 1.82) is 0 Å². The highest BCUT2D eigenvalue weighted by molar-refractivity contribution is 6.18. The van der Waals surface area contributed by atoms with Gasteiger partial charge in [-0.25, -0.2) is 0 Å². The molecule has 1 rings (SSSR count). The molecule has 2 unspecified atom stereocenters. The minimum Gasteiger partial charge on any atom is -0.389 e. The Morgan fingerprint density at radius 3 is 2.29 bits per heavy atom. The Morgan fingerprint density at radius 2 is 1.82 bits per heavy atom. The van der Waals surface area contributed by atoms with Crippen molar-refractivity contribution in [1.82, 2.24) is 0 Å². The van der Waals surface area contributed by atoms with Crippen LogP contribution in [0.4, 0.5) is 13.2 Å². The molecule has 17 heavy (non-hydrogen) atoms. The lowest BCUT2D eigenvalue weighted by atomic mass is 9.99. The van der Waals surface area contributed by atoms with Crippen molar-refractivity contribution in [3.05, 3.63) is 34.9 Å². The van der Waals surface area contributed by atoms with Gasteiger partial charge in [0.15, 0.2) is 0 Å². The average Bonchev–Trinajstić information content (AvgIpc) is 2.25. The van der Waals surface area contributed by atoms with Crippen LogP contribution in [0, 0.1) is 6.92 Å². The summed E-state index contributed by atoms with van der Waals surface area (Å²) in [5, 5.41) is 18.9. The Labute approximate surface area is 102 Å². The van der Waals surface area contributed by atoms with Crippen molar-refractivity contribution in [2.75, 3.05) is 5.88 Å². The summed E-state index contributed by atoms with van der Waals surface area (Å²) in [5.41, 5.74) is -0.491. The van der Waals surface area contributed by atoms with E-state index in [-0.39, 0.29) is 11.4 Å². The van der Waals surface area contributed by atoms with Crippen LogP contribution in [0.1, 0.15) is 22.8 Å². The molecule has 6 heteroatoms. The third-order valence-electron chi connectivity index (χ3n) is 2.29. The number of alkyl halides is 4. The largest absolute Gasteiger partial charge is 0.416 e. The van der Waals surface area contributed by atoms with Gasteiger partial charge >= 0.3 is 6.18 Å². The number of benzene rings is 1. The highest BCUT2D eigenvalue weighted by atomic mass is 35.5. The molecular weight excluding hydrogens is 257 g/mol. The van der Waals surface area contributed by atoms with Gasteiger partial charge in [-0.15, -0.1) is 11.6 Å². The Kier molecular flexibility index (Phi) is 4.41. The molecule has 0 heterocycles. The van der Waals surface area contributed by atoms with Crippen LogP contribution in [0.2, 0.25) is 0 Å². The fourth-order valence-electron chi connectivity index (χ4n) is 1.45. The monoisotopic (exact) mass is 268 g/mol. The van der Waals surface area contributed by atoms with Crippen molar-refractivity contribution in [3.8, 4) is 0 Å². The van der Waals surface area contributed by atoms with Gasteiger partial charge in [0, 0.05) is 0 Å². The number of hydrogen-bond acceptors (Lipinski definition) is 2. The van der Waals surface area contributed by atoms with Crippen LogP contribution in [0.15, 0.2) is 18.2 Å².